The lowest BCUT2D eigenvalue weighted by atomic mass is 9.87. The Balaban J connectivity index is 2.30. The summed E-state index contributed by atoms with van der Waals surface area (Å²) in [6.07, 6.45) is -2.66. The van der Waals surface area contributed by atoms with Gasteiger partial charge in [0.05, 0.1) is 18.6 Å². The number of imidazole rings is 1. The number of carbonyl (C=O) groups excluding carboxylic acids is 1. The fourth-order valence-electron chi connectivity index (χ4n) is 2.69. The summed E-state index contributed by atoms with van der Waals surface area (Å²) in [6.45, 7) is 1.56. The molecule has 1 aliphatic heterocycles. The first-order chi connectivity index (χ1) is 10.4. The van der Waals surface area contributed by atoms with E-state index in [0.717, 1.165) is 0 Å². The molecule has 0 aliphatic carbocycles. The first-order valence-corrected chi connectivity index (χ1v) is 7.04. The largest absolute Gasteiger partial charge is 0.461 e. The highest BCUT2D eigenvalue weighted by molar-refractivity contribution is 5.87. The smallest absolute Gasteiger partial charge is 0.393 e. The number of ether oxygens (including phenoxy) is 1. The molecule has 2 rings (SSSR count). The molecule has 0 bridgehead atoms. The van der Waals surface area contributed by atoms with Crippen LogP contribution in [-0.2, 0) is 11.3 Å². The van der Waals surface area contributed by atoms with E-state index >= 15 is 0 Å². The van der Waals surface area contributed by atoms with E-state index in [1.807, 2.05) is 6.07 Å². The lowest BCUT2D eigenvalue weighted by Crippen LogP contribution is -2.34. The molecule has 0 N–H and O–H groups in total. The molecule has 1 aromatic heterocycles. The molecule has 8 heteroatoms. The molecule has 0 amide bonds. The molecule has 0 radical (unpaired) electrons. The van der Waals surface area contributed by atoms with Crippen molar-refractivity contribution in [2.24, 2.45) is 5.92 Å². The van der Waals surface area contributed by atoms with Crippen molar-refractivity contribution < 1.29 is 22.7 Å². The van der Waals surface area contributed by atoms with Gasteiger partial charge in [0, 0.05) is 25.1 Å². The molecule has 0 spiro atoms. The van der Waals surface area contributed by atoms with Crippen LogP contribution in [0.25, 0.3) is 0 Å². The Morgan fingerprint density at radius 2 is 2.32 bits per heavy atom. The minimum absolute atomic E-state index is 0.0154. The number of rotatable bonds is 4. The standard InChI is InChI=1S/C14H16F3N3O2/c1-2-22-13(21)11-8-20-7-10(14(15,16)17)6-9(4-3-5-18)12(20)19-11/h8-10H,2-4,6-7H2,1H3/t9-,10+/m0/s1. The Kier molecular flexibility index (Phi) is 4.74. The highest BCUT2D eigenvalue weighted by Crippen LogP contribution is 2.41. The van der Waals surface area contributed by atoms with Crippen molar-refractivity contribution in [3.63, 3.8) is 0 Å². The van der Waals surface area contributed by atoms with E-state index in [-0.39, 0.29) is 31.7 Å². The predicted octanol–water partition coefficient (Wildman–Crippen LogP) is 3.03. The molecule has 1 aliphatic rings. The molecule has 0 aromatic carbocycles. The molecule has 0 unspecified atom stereocenters. The fourth-order valence-corrected chi connectivity index (χ4v) is 2.69. The molecule has 5 nitrogen and oxygen atoms in total. The zero-order valence-electron chi connectivity index (χ0n) is 12.1. The van der Waals surface area contributed by atoms with Gasteiger partial charge in [0.2, 0.25) is 0 Å². The Morgan fingerprint density at radius 1 is 1.59 bits per heavy atom. The van der Waals surface area contributed by atoms with Gasteiger partial charge in [-0.05, 0) is 19.8 Å². The molecule has 1 aromatic rings. The maximum atomic E-state index is 13.0. The van der Waals surface area contributed by atoms with Gasteiger partial charge >= 0.3 is 12.1 Å². The average molecular weight is 315 g/mol. The van der Waals surface area contributed by atoms with Crippen molar-refractivity contribution >= 4 is 5.97 Å². The molecule has 2 heterocycles. The van der Waals surface area contributed by atoms with Gasteiger partial charge in [-0.15, -0.1) is 0 Å². The Hall–Kier alpha value is -2.04. The number of esters is 1. The summed E-state index contributed by atoms with van der Waals surface area (Å²) in [7, 11) is 0. The van der Waals surface area contributed by atoms with Crippen molar-refractivity contribution in [2.45, 2.75) is 44.8 Å². The molecule has 0 saturated heterocycles. The van der Waals surface area contributed by atoms with Crippen LogP contribution in [0.3, 0.4) is 0 Å². The van der Waals surface area contributed by atoms with Crippen molar-refractivity contribution in [3.8, 4) is 6.07 Å². The van der Waals surface area contributed by atoms with E-state index in [1.165, 1.54) is 10.8 Å². The SMILES string of the molecule is CCOC(=O)c1cn2c(n1)[C@@H](CCC#N)C[C@@H](C(F)(F)F)C2. The zero-order chi connectivity index (χ0) is 16.3. The maximum absolute atomic E-state index is 13.0. The number of alkyl halides is 3. The average Bonchev–Trinajstić information content (AvgIpc) is 2.88. The van der Waals surface area contributed by atoms with Gasteiger partial charge in [0.15, 0.2) is 5.69 Å². The summed E-state index contributed by atoms with van der Waals surface area (Å²) in [5.41, 5.74) is 0.0154. The monoisotopic (exact) mass is 315 g/mol. The van der Waals surface area contributed by atoms with Gasteiger partial charge in [0.25, 0.3) is 0 Å². The third-order valence-electron chi connectivity index (χ3n) is 3.71. The van der Waals surface area contributed by atoms with Crippen LogP contribution in [0.1, 0.15) is 48.4 Å². The second-order valence-electron chi connectivity index (χ2n) is 5.23. The Labute approximate surface area is 125 Å². The van der Waals surface area contributed by atoms with Crippen LogP contribution in [0, 0.1) is 17.2 Å². The first kappa shape index (κ1) is 16.3. The van der Waals surface area contributed by atoms with Crippen LogP contribution in [0.4, 0.5) is 13.2 Å². The van der Waals surface area contributed by atoms with Crippen LogP contribution in [0.2, 0.25) is 0 Å². The van der Waals surface area contributed by atoms with Crippen LogP contribution >= 0.6 is 0 Å². The minimum atomic E-state index is -4.31. The minimum Gasteiger partial charge on any atom is -0.461 e. The second-order valence-corrected chi connectivity index (χ2v) is 5.23. The van der Waals surface area contributed by atoms with Crippen molar-refractivity contribution in [3.05, 3.63) is 17.7 Å². The van der Waals surface area contributed by atoms with Gasteiger partial charge in [-0.2, -0.15) is 18.4 Å². The molecular weight excluding hydrogens is 299 g/mol. The normalized spacial score (nSPS) is 21.0. The van der Waals surface area contributed by atoms with E-state index in [9.17, 15) is 18.0 Å². The van der Waals surface area contributed by atoms with Crippen LogP contribution in [-0.4, -0.2) is 28.3 Å². The van der Waals surface area contributed by atoms with Crippen molar-refractivity contribution in [1.29, 1.82) is 5.26 Å². The highest BCUT2D eigenvalue weighted by atomic mass is 19.4. The van der Waals surface area contributed by atoms with Crippen LogP contribution in [0.15, 0.2) is 6.20 Å². The number of fused-ring (bicyclic) bond motifs is 1. The lowest BCUT2D eigenvalue weighted by molar-refractivity contribution is -0.184. The topological polar surface area (TPSA) is 67.9 Å². The number of nitriles is 1. The van der Waals surface area contributed by atoms with Gasteiger partial charge < -0.3 is 9.30 Å². The molecule has 120 valence electrons. The van der Waals surface area contributed by atoms with E-state index in [1.54, 1.807) is 6.92 Å². The molecule has 0 saturated carbocycles. The summed E-state index contributed by atoms with van der Waals surface area (Å²) in [5, 5.41) is 8.66. The van der Waals surface area contributed by atoms with Crippen LogP contribution < -0.4 is 0 Å². The van der Waals surface area contributed by atoms with Gasteiger partial charge in [-0.25, -0.2) is 9.78 Å². The number of hydrogen-bond donors (Lipinski definition) is 0. The first-order valence-electron chi connectivity index (χ1n) is 7.04. The summed E-state index contributed by atoms with van der Waals surface area (Å²) < 4.78 is 45.3. The number of hydrogen-bond acceptors (Lipinski definition) is 4. The zero-order valence-corrected chi connectivity index (χ0v) is 12.1. The van der Waals surface area contributed by atoms with Crippen LogP contribution in [0.5, 0.6) is 0 Å². The maximum Gasteiger partial charge on any atom is 0.393 e. The number of aromatic nitrogens is 2. The van der Waals surface area contributed by atoms with E-state index in [4.69, 9.17) is 10.00 Å². The van der Waals surface area contributed by atoms with Gasteiger partial charge in [-0.3, -0.25) is 0 Å². The summed E-state index contributed by atoms with van der Waals surface area (Å²) in [4.78, 5) is 15.8. The Bertz CT molecular complexity index is 589. The van der Waals surface area contributed by atoms with Crippen molar-refractivity contribution in [1.82, 2.24) is 9.55 Å². The molecule has 2 atom stereocenters. The second kappa shape index (κ2) is 6.38. The third-order valence-corrected chi connectivity index (χ3v) is 3.71. The summed E-state index contributed by atoms with van der Waals surface area (Å²) in [6, 6.07) is 1.94. The highest BCUT2D eigenvalue weighted by Gasteiger charge is 2.44. The molecule has 0 fully saturated rings. The number of carbonyl (C=O) groups is 1. The fraction of sp³-hybridized carbons (Fsp3) is 0.643. The van der Waals surface area contributed by atoms with Gasteiger partial charge in [-0.1, -0.05) is 0 Å². The lowest BCUT2D eigenvalue weighted by Gasteiger charge is -2.31. The summed E-state index contributed by atoms with van der Waals surface area (Å²) >= 11 is 0. The molecule has 22 heavy (non-hydrogen) atoms. The quantitative estimate of drug-likeness (QED) is 0.801. The third kappa shape index (κ3) is 3.40. The van der Waals surface area contributed by atoms with E-state index in [0.29, 0.717) is 12.2 Å². The van der Waals surface area contributed by atoms with Gasteiger partial charge in [0.1, 0.15) is 5.82 Å². The van der Waals surface area contributed by atoms with E-state index in [2.05, 4.69) is 4.98 Å². The number of nitrogens with zero attached hydrogens (tertiary/aromatic N) is 3. The van der Waals surface area contributed by atoms with Crippen molar-refractivity contribution in [2.75, 3.05) is 6.61 Å². The predicted molar refractivity (Wildman–Crippen MR) is 69.9 cm³/mol. The number of halogens is 3. The Morgan fingerprint density at radius 3 is 2.91 bits per heavy atom. The summed E-state index contributed by atoms with van der Waals surface area (Å²) in [5.74, 6) is -2.19. The molecular formula is C14H16F3N3O2. The van der Waals surface area contributed by atoms with E-state index < -0.39 is 24.0 Å².